The second kappa shape index (κ2) is 8.88. The summed E-state index contributed by atoms with van der Waals surface area (Å²) in [4.78, 5) is 3.84. The molecule has 0 radical (unpaired) electrons. The van der Waals surface area contributed by atoms with Crippen LogP contribution in [-0.2, 0) is 6.54 Å². The van der Waals surface area contributed by atoms with E-state index in [1.807, 2.05) is 34.4 Å². The Balaban J connectivity index is 1.45. The van der Waals surface area contributed by atoms with Gasteiger partial charge in [0, 0.05) is 27.6 Å². The van der Waals surface area contributed by atoms with Crippen LogP contribution in [0.4, 0.5) is 5.69 Å². The Labute approximate surface area is 212 Å². The van der Waals surface area contributed by atoms with Crippen molar-refractivity contribution in [3.05, 3.63) is 81.7 Å². The van der Waals surface area contributed by atoms with Crippen LogP contribution in [0.3, 0.4) is 0 Å². The van der Waals surface area contributed by atoms with Gasteiger partial charge < -0.3 is 4.90 Å². The molecule has 5 aromatic rings. The van der Waals surface area contributed by atoms with Gasteiger partial charge in [0.15, 0.2) is 0 Å². The number of hydrogen-bond donors (Lipinski definition) is 0. The minimum atomic E-state index is 0.963. The number of hydrogen-bond acceptors (Lipinski definition) is 4. The van der Waals surface area contributed by atoms with Crippen molar-refractivity contribution in [2.75, 3.05) is 11.4 Å². The average molecular weight is 500 g/mol. The van der Waals surface area contributed by atoms with Crippen molar-refractivity contribution in [3.8, 4) is 0 Å². The van der Waals surface area contributed by atoms with E-state index in [1.165, 1.54) is 57.3 Å². The molecule has 0 fully saturated rings. The van der Waals surface area contributed by atoms with Gasteiger partial charge in [0.1, 0.15) is 11.2 Å². The number of nitrogens with zero attached hydrogens (tertiary/aromatic N) is 2. The van der Waals surface area contributed by atoms with Gasteiger partial charge in [-0.2, -0.15) is 4.57 Å². The van der Waals surface area contributed by atoms with Gasteiger partial charge in [-0.3, -0.25) is 0 Å². The number of thiazole rings is 1. The monoisotopic (exact) mass is 499 g/mol. The van der Waals surface area contributed by atoms with Crippen molar-refractivity contribution >= 4 is 77.3 Å². The molecule has 0 unspecified atom stereocenters. The van der Waals surface area contributed by atoms with Gasteiger partial charge in [-0.25, -0.2) is 0 Å². The summed E-state index contributed by atoms with van der Waals surface area (Å²) in [6, 6.07) is 20.1. The number of thiophene rings is 1. The normalized spacial score (nSPS) is 15.3. The number of rotatable bonds is 5. The highest BCUT2D eigenvalue weighted by Crippen LogP contribution is 2.49. The molecular formula is C29H27N2S3+. The van der Waals surface area contributed by atoms with Crippen molar-refractivity contribution < 1.29 is 4.57 Å². The van der Waals surface area contributed by atoms with Gasteiger partial charge >= 0.3 is 0 Å². The van der Waals surface area contributed by atoms with Crippen molar-refractivity contribution in [2.45, 2.75) is 38.6 Å². The van der Waals surface area contributed by atoms with E-state index >= 15 is 0 Å². The van der Waals surface area contributed by atoms with Crippen LogP contribution in [-0.4, -0.2) is 6.54 Å². The van der Waals surface area contributed by atoms with Gasteiger partial charge in [0.25, 0.3) is 5.01 Å². The summed E-state index contributed by atoms with van der Waals surface area (Å²) in [6.07, 6.45) is 5.83. The predicted molar refractivity (Wildman–Crippen MR) is 152 cm³/mol. The van der Waals surface area contributed by atoms with Crippen molar-refractivity contribution in [1.29, 1.82) is 0 Å². The fraction of sp³-hybridized carbons (Fsp3) is 0.207. The molecule has 1 aliphatic rings. The van der Waals surface area contributed by atoms with E-state index < -0.39 is 0 Å². The van der Waals surface area contributed by atoms with E-state index in [0.29, 0.717) is 0 Å². The molecule has 0 N–H and O–H groups in total. The number of aromatic nitrogens is 1. The molecular weight excluding hydrogens is 473 g/mol. The third-order valence-electron chi connectivity index (χ3n) is 6.59. The lowest BCUT2D eigenvalue weighted by Gasteiger charge is -2.20. The van der Waals surface area contributed by atoms with Gasteiger partial charge in [0.05, 0.1) is 16.1 Å². The van der Waals surface area contributed by atoms with E-state index in [0.717, 1.165) is 19.5 Å². The fourth-order valence-corrected chi connectivity index (χ4v) is 8.15. The third-order valence-corrected chi connectivity index (χ3v) is 9.67. The SMILES string of the molecule is CCC(=Cc1sc2ccc3sccc3c2[n+]1CC)C=C1Sc2ccc3ccccc3c2N1CC. The van der Waals surface area contributed by atoms with Crippen LogP contribution in [0, 0.1) is 0 Å². The molecule has 6 rings (SSSR count). The molecule has 3 heterocycles. The number of benzene rings is 3. The van der Waals surface area contributed by atoms with Crippen LogP contribution >= 0.6 is 34.4 Å². The summed E-state index contributed by atoms with van der Waals surface area (Å²) in [7, 11) is 0. The van der Waals surface area contributed by atoms with Gasteiger partial charge in [-0.15, -0.1) is 11.3 Å². The Kier molecular flexibility index (Phi) is 5.72. The second-order valence-corrected chi connectivity index (χ2v) is 11.5. The zero-order valence-corrected chi connectivity index (χ0v) is 22.1. The third kappa shape index (κ3) is 3.49. The summed E-state index contributed by atoms with van der Waals surface area (Å²) in [5.41, 5.74) is 4.11. The lowest BCUT2D eigenvalue weighted by molar-refractivity contribution is -0.664. The van der Waals surface area contributed by atoms with Crippen LogP contribution < -0.4 is 9.47 Å². The van der Waals surface area contributed by atoms with Crippen LogP contribution in [0.1, 0.15) is 32.2 Å². The van der Waals surface area contributed by atoms with E-state index in [1.54, 1.807) is 0 Å². The Bertz CT molecular complexity index is 1600. The first-order valence-corrected chi connectivity index (χ1v) is 14.4. The molecule has 2 nitrogen and oxygen atoms in total. The van der Waals surface area contributed by atoms with Crippen molar-refractivity contribution in [1.82, 2.24) is 0 Å². The van der Waals surface area contributed by atoms with E-state index in [4.69, 9.17) is 0 Å². The summed E-state index contributed by atoms with van der Waals surface area (Å²) >= 11 is 5.63. The maximum absolute atomic E-state index is 2.49. The average Bonchev–Trinajstić information content (AvgIpc) is 3.57. The molecule has 1 aliphatic heterocycles. The summed E-state index contributed by atoms with van der Waals surface area (Å²) < 4.78 is 5.23. The Morgan fingerprint density at radius 3 is 2.62 bits per heavy atom. The molecule has 0 saturated heterocycles. The molecule has 2 aromatic heterocycles. The van der Waals surface area contributed by atoms with Crippen LogP contribution in [0.2, 0.25) is 0 Å². The van der Waals surface area contributed by atoms with E-state index in [2.05, 4.69) is 102 Å². The zero-order chi connectivity index (χ0) is 23.2. The zero-order valence-electron chi connectivity index (χ0n) is 19.7. The molecule has 34 heavy (non-hydrogen) atoms. The lowest BCUT2D eigenvalue weighted by Crippen LogP contribution is -2.33. The number of thioether (sulfide) groups is 1. The largest absolute Gasteiger partial charge is 0.335 e. The summed E-state index contributed by atoms with van der Waals surface area (Å²) in [6.45, 7) is 8.71. The summed E-state index contributed by atoms with van der Waals surface area (Å²) in [5.74, 6) is 0. The molecule has 0 atom stereocenters. The fourth-order valence-electron chi connectivity index (χ4n) is 4.93. The van der Waals surface area contributed by atoms with Crippen molar-refractivity contribution in [3.63, 3.8) is 0 Å². The van der Waals surface area contributed by atoms with Gasteiger partial charge in [0.2, 0.25) is 5.52 Å². The molecule has 0 saturated carbocycles. The van der Waals surface area contributed by atoms with Crippen LogP contribution in [0.15, 0.2) is 81.6 Å². The molecule has 0 amide bonds. The highest BCUT2D eigenvalue weighted by molar-refractivity contribution is 8.03. The predicted octanol–water partition coefficient (Wildman–Crippen LogP) is 8.84. The highest BCUT2D eigenvalue weighted by atomic mass is 32.2. The maximum Gasteiger partial charge on any atom is 0.263 e. The van der Waals surface area contributed by atoms with Crippen LogP contribution in [0.25, 0.3) is 37.2 Å². The maximum atomic E-state index is 2.49. The van der Waals surface area contributed by atoms with Gasteiger partial charge in [-0.05, 0) is 66.9 Å². The Hall–Kier alpha value is -2.60. The van der Waals surface area contributed by atoms with E-state index in [9.17, 15) is 0 Å². The molecule has 0 aliphatic carbocycles. The number of anilines is 1. The Morgan fingerprint density at radius 1 is 0.941 bits per heavy atom. The molecule has 0 bridgehead atoms. The summed E-state index contributed by atoms with van der Waals surface area (Å²) in [5, 5.41) is 8.89. The second-order valence-electron chi connectivity index (χ2n) is 8.46. The minimum absolute atomic E-state index is 0.963. The molecule has 0 spiro atoms. The molecule has 170 valence electrons. The molecule has 3 aromatic carbocycles. The minimum Gasteiger partial charge on any atom is -0.335 e. The topological polar surface area (TPSA) is 7.12 Å². The lowest BCUT2D eigenvalue weighted by atomic mass is 10.1. The number of allylic oxidation sites excluding steroid dienone is 2. The number of fused-ring (bicyclic) bond motifs is 6. The number of aryl methyl sites for hydroxylation is 1. The van der Waals surface area contributed by atoms with Crippen LogP contribution in [0.5, 0.6) is 0 Å². The standard InChI is InChI=1S/C29H27N2S3/c1-4-19(18-27-31(6-3)29-22-15-16-32-23(22)13-14-25(29)34-27)17-26-30(5-2)28-21-10-8-7-9-20(21)11-12-24(28)33-26/h7-18H,4-6H2,1-3H3/q+1. The van der Waals surface area contributed by atoms with E-state index in [-0.39, 0.29) is 0 Å². The quantitative estimate of drug-likeness (QED) is 0.223. The highest BCUT2D eigenvalue weighted by Gasteiger charge is 2.26. The first kappa shape index (κ1) is 21.9. The smallest absolute Gasteiger partial charge is 0.263 e. The molecule has 5 heteroatoms. The van der Waals surface area contributed by atoms with Crippen molar-refractivity contribution in [2.24, 2.45) is 0 Å². The first-order valence-electron chi connectivity index (χ1n) is 11.9. The Morgan fingerprint density at radius 2 is 1.79 bits per heavy atom. The first-order chi connectivity index (χ1) is 16.7. The van der Waals surface area contributed by atoms with Gasteiger partial charge in [-0.1, -0.05) is 60.4 Å².